The van der Waals surface area contributed by atoms with Gasteiger partial charge in [0.15, 0.2) is 0 Å². The molecule has 3 heteroatoms. The average Bonchev–Trinajstić information content (AvgIpc) is 2.10. The van der Waals surface area contributed by atoms with E-state index in [0.29, 0.717) is 16.5 Å². The van der Waals surface area contributed by atoms with Gasteiger partial charge in [0.05, 0.1) is 4.47 Å². The quantitative estimate of drug-likeness (QED) is 0.792. The number of hydrogen-bond acceptors (Lipinski definition) is 1. The molecule has 0 radical (unpaired) electrons. The van der Waals surface area contributed by atoms with Crippen molar-refractivity contribution in [1.82, 2.24) is 0 Å². The molecule has 13 heavy (non-hydrogen) atoms. The lowest BCUT2D eigenvalue weighted by Gasteiger charge is -2.10. The zero-order valence-corrected chi connectivity index (χ0v) is 8.51. The molecular formula is C10H9BrFN. The van der Waals surface area contributed by atoms with Crippen molar-refractivity contribution in [3.8, 4) is 12.3 Å². The third kappa shape index (κ3) is 2.30. The van der Waals surface area contributed by atoms with Gasteiger partial charge < -0.3 is 5.73 Å². The van der Waals surface area contributed by atoms with E-state index >= 15 is 0 Å². The number of hydrogen-bond donors (Lipinski definition) is 1. The molecule has 0 aliphatic rings. The fourth-order valence-corrected chi connectivity index (χ4v) is 1.60. The van der Waals surface area contributed by atoms with Crippen LogP contribution in [-0.4, -0.2) is 0 Å². The number of halogens is 2. The Bertz CT molecular complexity index is 343. The number of benzene rings is 1. The minimum Gasteiger partial charge on any atom is -0.323 e. The van der Waals surface area contributed by atoms with Gasteiger partial charge in [-0.15, -0.1) is 12.3 Å². The Balaban J connectivity index is 3.02. The zero-order valence-electron chi connectivity index (χ0n) is 6.93. The molecular weight excluding hydrogens is 233 g/mol. The maximum Gasteiger partial charge on any atom is 0.137 e. The van der Waals surface area contributed by atoms with Gasteiger partial charge in [-0.2, -0.15) is 0 Å². The Morgan fingerprint density at radius 1 is 1.62 bits per heavy atom. The molecule has 0 amide bonds. The molecule has 0 fully saturated rings. The van der Waals surface area contributed by atoms with E-state index in [1.807, 2.05) is 0 Å². The maximum atomic E-state index is 13.0. The molecule has 0 saturated heterocycles. The van der Waals surface area contributed by atoms with Crippen molar-refractivity contribution in [3.05, 3.63) is 34.1 Å². The van der Waals surface area contributed by atoms with Gasteiger partial charge in [0.2, 0.25) is 0 Å². The van der Waals surface area contributed by atoms with Crippen LogP contribution in [0.15, 0.2) is 22.7 Å². The highest BCUT2D eigenvalue weighted by Gasteiger charge is 2.11. The highest BCUT2D eigenvalue weighted by atomic mass is 79.9. The first-order valence-corrected chi connectivity index (χ1v) is 4.59. The number of terminal acetylenes is 1. The Kier molecular flexibility index (Phi) is 3.47. The van der Waals surface area contributed by atoms with Crippen molar-refractivity contribution in [2.24, 2.45) is 5.73 Å². The molecule has 0 aromatic heterocycles. The van der Waals surface area contributed by atoms with Gasteiger partial charge in [-0.1, -0.05) is 12.1 Å². The molecule has 1 rings (SSSR count). The van der Waals surface area contributed by atoms with Gasteiger partial charge in [-0.25, -0.2) is 4.39 Å². The van der Waals surface area contributed by atoms with Crippen LogP contribution in [0, 0.1) is 18.2 Å². The molecule has 0 aliphatic heterocycles. The van der Waals surface area contributed by atoms with Crippen LogP contribution in [0.1, 0.15) is 18.0 Å². The molecule has 0 spiro atoms. The van der Waals surface area contributed by atoms with Crippen LogP contribution in [0.3, 0.4) is 0 Å². The first-order chi connectivity index (χ1) is 6.16. The van der Waals surface area contributed by atoms with Crippen molar-refractivity contribution in [2.75, 3.05) is 0 Å². The minimum atomic E-state index is -0.315. The van der Waals surface area contributed by atoms with Gasteiger partial charge in [0, 0.05) is 12.5 Å². The van der Waals surface area contributed by atoms with Gasteiger partial charge in [-0.05, 0) is 27.6 Å². The van der Waals surface area contributed by atoms with Crippen LogP contribution in [0.2, 0.25) is 0 Å². The van der Waals surface area contributed by atoms with Gasteiger partial charge in [0.1, 0.15) is 5.82 Å². The summed E-state index contributed by atoms with van der Waals surface area (Å²) in [4.78, 5) is 0. The largest absolute Gasteiger partial charge is 0.323 e. The second-order valence-electron chi connectivity index (χ2n) is 2.66. The van der Waals surface area contributed by atoms with E-state index < -0.39 is 0 Å². The summed E-state index contributed by atoms with van der Waals surface area (Å²) < 4.78 is 13.4. The molecule has 0 bridgehead atoms. The first kappa shape index (κ1) is 10.2. The van der Waals surface area contributed by atoms with Crippen molar-refractivity contribution in [3.63, 3.8) is 0 Å². The Labute approximate surface area is 85.3 Å². The van der Waals surface area contributed by atoms with Crippen molar-refractivity contribution in [1.29, 1.82) is 0 Å². The summed E-state index contributed by atoms with van der Waals surface area (Å²) >= 11 is 3.13. The van der Waals surface area contributed by atoms with Crippen LogP contribution in [-0.2, 0) is 0 Å². The van der Waals surface area contributed by atoms with E-state index in [0.717, 1.165) is 0 Å². The van der Waals surface area contributed by atoms with Gasteiger partial charge in [0.25, 0.3) is 0 Å². The number of rotatable bonds is 2. The summed E-state index contributed by atoms with van der Waals surface area (Å²) in [5, 5.41) is 0. The molecule has 1 atom stereocenters. The fourth-order valence-electron chi connectivity index (χ4n) is 1.04. The lowest BCUT2D eigenvalue weighted by atomic mass is 10.1. The zero-order chi connectivity index (χ0) is 9.84. The lowest BCUT2D eigenvalue weighted by Crippen LogP contribution is -2.10. The summed E-state index contributed by atoms with van der Waals surface area (Å²) in [6.45, 7) is 0. The van der Waals surface area contributed by atoms with Crippen LogP contribution in [0.4, 0.5) is 4.39 Å². The molecule has 0 aliphatic carbocycles. The Hall–Kier alpha value is -0.850. The van der Waals surface area contributed by atoms with E-state index in [9.17, 15) is 4.39 Å². The smallest absolute Gasteiger partial charge is 0.137 e. The molecule has 68 valence electrons. The molecule has 1 aromatic rings. The summed E-state index contributed by atoms with van der Waals surface area (Å²) in [5.74, 6) is 2.13. The molecule has 0 saturated carbocycles. The topological polar surface area (TPSA) is 26.0 Å². The Morgan fingerprint density at radius 2 is 2.31 bits per heavy atom. The monoisotopic (exact) mass is 241 g/mol. The number of nitrogens with two attached hydrogens (primary N) is 1. The average molecular weight is 242 g/mol. The van der Waals surface area contributed by atoms with E-state index in [1.54, 1.807) is 12.1 Å². The van der Waals surface area contributed by atoms with Gasteiger partial charge in [-0.3, -0.25) is 0 Å². The SMILES string of the molecule is C#CCC(N)c1cccc(F)c1Br. The third-order valence-electron chi connectivity index (χ3n) is 1.72. The summed E-state index contributed by atoms with van der Waals surface area (Å²) in [7, 11) is 0. The fraction of sp³-hybridized carbons (Fsp3) is 0.200. The molecule has 0 heterocycles. The second kappa shape index (κ2) is 4.40. The van der Waals surface area contributed by atoms with Crippen molar-refractivity contribution >= 4 is 15.9 Å². The second-order valence-corrected chi connectivity index (χ2v) is 3.45. The van der Waals surface area contributed by atoms with Crippen LogP contribution >= 0.6 is 15.9 Å². The lowest BCUT2D eigenvalue weighted by molar-refractivity contribution is 0.612. The van der Waals surface area contributed by atoms with E-state index in [1.165, 1.54) is 6.07 Å². The van der Waals surface area contributed by atoms with E-state index in [-0.39, 0.29) is 11.9 Å². The predicted octanol–water partition coefficient (Wildman–Crippen LogP) is 2.61. The third-order valence-corrected chi connectivity index (χ3v) is 2.56. The van der Waals surface area contributed by atoms with Crippen molar-refractivity contribution < 1.29 is 4.39 Å². The summed E-state index contributed by atoms with van der Waals surface area (Å²) in [5.41, 5.74) is 6.44. The van der Waals surface area contributed by atoms with Crippen LogP contribution in [0.25, 0.3) is 0 Å². The molecule has 1 aromatic carbocycles. The van der Waals surface area contributed by atoms with Gasteiger partial charge >= 0.3 is 0 Å². The minimum absolute atomic E-state index is 0.310. The Morgan fingerprint density at radius 3 is 2.92 bits per heavy atom. The van der Waals surface area contributed by atoms with E-state index in [2.05, 4.69) is 21.9 Å². The standard InChI is InChI=1S/C10H9BrFN/c1-2-4-9(13)7-5-3-6-8(12)10(7)11/h1,3,5-6,9H,4,13H2. The summed E-state index contributed by atoms with van der Waals surface area (Å²) in [6.07, 6.45) is 5.52. The molecule has 2 N–H and O–H groups in total. The van der Waals surface area contributed by atoms with Crippen molar-refractivity contribution in [2.45, 2.75) is 12.5 Å². The first-order valence-electron chi connectivity index (χ1n) is 3.79. The predicted molar refractivity (Wildman–Crippen MR) is 54.5 cm³/mol. The normalized spacial score (nSPS) is 12.2. The summed E-state index contributed by atoms with van der Waals surface area (Å²) in [6, 6.07) is 4.44. The molecule has 1 nitrogen and oxygen atoms in total. The van der Waals surface area contributed by atoms with E-state index in [4.69, 9.17) is 12.2 Å². The van der Waals surface area contributed by atoms with Crippen LogP contribution < -0.4 is 5.73 Å². The maximum absolute atomic E-state index is 13.0. The highest BCUT2D eigenvalue weighted by Crippen LogP contribution is 2.26. The molecule has 1 unspecified atom stereocenters. The highest BCUT2D eigenvalue weighted by molar-refractivity contribution is 9.10. The van der Waals surface area contributed by atoms with Crippen LogP contribution in [0.5, 0.6) is 0 Å².